The maximum Gasteiger partial charge on any atom is 0.231 e. The van der Waals surface area contributed by atoms with Crippen molar-refractivity contribution in [2.24, 2.45) is 11.8 Å². The molecular formula is C21H22F2N4O2. The van der Waals surface area contributed by atoms with E-state index in [-0.39, 0.29) is 24.1 Å². The molecule has 1 N–H and O–H groups in total. The lowest BCUT2D eigenvalue weighted by atomic mass is 9.90. The lowest BCUT2D eigenvalue weighted by Gasteiger charge is -2.27. The molecule has 29 heavy (non-hydrogen) atoms. The molecule has 2 aromatic rings. The first-order valence-electron chi connectivity index (χ1n) is 9.59. The van der Waals surface area contributed by atoms with Crippen molar-refractivity contribution in [2.75, 3.05) is 5.32 Å². The average Bonchev–Trinajstić information content (AvgIpc) is 3.32. The Labute approximate surface area is 167 Å². The summed E-state index contributed by atoms with van der Waals surface area (Å²) >= 11 is 0. The van der Waals surface area contributed by atoms with Gasteiger partial charge in [-0.25, -0.2) is 9.37 Å². The van der Waals surface area contributed by atoms with E-state index in [0.29, 0.717) is 30.1 Å². The highest BCUT2D eigenvalue weighted by Gasteiger charge is 2.65. The minimum Gasteiger partial charge on any atom is -0.482 e. The van der Waals surface area contributed by atoms with Crippen LogP contribution in [0.2, 0.25) is 0 Å². The summed E-state index contributed by atoms with van der Waals surface area (Å²) < 4.78 is 35.4. The Hall–Kier alpha value is -3.03. The fourth-order valence-corrected chi connectivity index (χ4v) is 3.82. The number of aromatic nitrogens is 3. The van der Waals surface area contributed by atoms with Gasteiger partial charge in [0.25, 0.3) is 0 Å². The second kappa shape index (κ2) is 7.42. The van der Waals surface area contributed by atoms with Gasteiger partial charge in [0, 0.05) is 43.3 Å². The maximum absolute atomic E-state index is 14.0. The van der Waals surface area contributed by atoms with E-state index in [0.717, 1.165) is 6.07 Å². The third-order valence-corrected chi connectivity index (χ3v) is 5.45. The highest BCUT2D eigenvalue weighted by Crippen LogP contribution is 2.55. The fourth-order valence-electron chi connectivity index (χ4n) is 3.82. The standard InChI is InChI=1S/C21H22F2N4O2/c1-3-27-12-18(13(2)26-27)29-21(14-5-4-6-15(22)9-14)11-17(21)20(28)25-16-7-8-24-19(23)10-16/h4-8,10,12,14,17H,3,9,11H2,1-2H3,(H,24,25,28)/t14?,17-,21+/m0/s1. The van der Waals surface area contributed by atoms with Crippen molar-refractivity contribution in [3.05, 3.63) is 60.2 Å². The van der Waals surface area contributed by atoms with Gasteiger partial charge in [-0.1, -0.05) is 12.2 Å². The van der Waals surface area contributed by atoms with Crippen LogP contribution in [0.1, 0.15) is 25.5 Å². The lowest BCUT2D eigenvalue weighted by Crippen LogP contribution is -2.35. The summed E-state index contributed by atoms with van der Waals surface area (Å²) in [5.41, 5.74) is 0.164. The van der Waals surface area contributed by atoms with Crippen LogP contribution in [0.15, 0.2) is 48.6 Å². The first-order chi connectivity index (χ1) is 13.9. The van der Waals surface area contributed by atoms with E-state index < -0.39 is 17.5 Å². The third-order valence-electron chi connectivity index (χ3n) is 5.45. The molecule has 0 saturated heterocycles. The van der Waals surface area contributed by atoms with Crippen LogP contribution in [0.4, 0.5) is 14.5 Å². The zero-order valence-corrected chi connectivity index (χ0v) is 16.2. The summed E-state index contributed by atoms with van der Waals surface area (Å²) in [6, 6.07) is 2.67. The number of nitrogens with one attached hydrogen (secondary N) is 1. The van der Waals surface area contributed by atoms with Gasteiger partial charge in [-0.05, 0) is 26.0 Å². The van der Waals surface area contributed by atoms with Crippen LogP contribution < -0.4 is 10.1 Å². The molecule has 0 aromatic carbocycles. The molecule has 2 heterocycles. The van der Waals surface area contributed by atoms with Gasteiger partial charge in [0.15, 0.2) is 5.75 Å². The van der Waals surface area contributed by atoms with Crippen molar-refractivity contribution in [2.45, 2.75) is 38.8 Å². The van der Waals surface area contributed by atoms with Gasteiger partial charge < -0.3 is 10.1 Å². The SMILES string of the molecule is CCn1cc(O[C@@]2(C3C=CC=C(F)C3)C[C@H]2C(=O)Nc2ccnc(F)c2)c(C)n1. The van der Waals surface area contributed by atoms with Crippen LogP contribution in [0.25, 0.3) is 0 Å². The van der Waals surface area contributed by atoms with Gasteiger partial charge in [-0.2, -0.15) is 9.49 Å². The quantitative estimate of drug-likeness (QED) is 0.746. The number of nitrogens with zero attached hydrogens (tertiary/aromatic N) is 3. The number of amides is 1. The number of aryl methyl sites for hydroxylation is 2. The molecular weight excluding hydrogens is 378 g/mol. The Morgan fingerprint density at radius 2 is 2.28 bits per heavy atom. The number of carbonyl (C=O) groups is 1. The average molecular weight is 400 g/mol. The number of hydrogen-bond acceptors (Lipinski definition) is 4. The summed E-state index contributed by atoms with van der Waals surface area (Å²) in [5, 5.41) is 7.10. The number of hydrogen-bond donors (Lipinski definition) is 1. The lowest BCUT2D eigenvalue weighted by molar-refractivity contribution is -0.119. The van der Waals surface area contributed by atoms with E-state index in [1.165, 1.54) is 18.3 Å². The van der Waals surface area contributed by atoms with E-state index in [1.807, 2.05) is 19.9 Å². The van der Waals surface area contributed by atoms with Crippen molar-refractivity contribution in [1.29, 1.82) is 0 Å². The molecule has 2 aromatic heterocycles. The van der Waals surface area contributed by atoms with E-state index in [9.17, 15) is 13.6 Å². The summed E-state index contributed by atoms with van der Waals surface area (Å²) in [6.07, 6.45) is 8.64. The molecule has 0 spiro atoms. The normalized spacial score (nSPS) is 25.4. The van der Waals surface area contributed by atoms with Crippen molar-refractivity contribution < 1.29 is 18.3 Å². The fraction of sp³-hybridized carbons (Fsp3) is 0.381. The van der Waals surface area contributed by atoms with Crippen molar-refractivity contribution in [3.63, 3.8) is 0 Å². The Morgan fingerprint density at radius 3 is 2.97 bits per heavy atom. The summed E-state index contributed by atoms with van der Waals surface area (Å²) in [7, 11) is 0. The Bertz CT molecular complexity index is 1000. The van der Waals surface area contributed by atoms with Crippen LogP contribution in [-0.4, -0.2) is 26.3 Å². The monoisotopic (exact) mass is 400 g/mol. The van der Waals surface area contributed by atoms with Gasteiger partial charge in [-0.15, -0.1) is 0 Å². The highest BCUT2D eigenvalue weighted by atomic mass is 19.1. The maximum atomic E-state index is 14.0. The third kappa shape index (κ3) is 3.79. The Balaban J connectivity index is 1.58. The molecule has 6 nitrogen and oxygen atoms in total. The molecule has 2 aliphatic carbocycles. The second-order valence-electron chi connectivity index (χ2n) is 7.41. The van der Waals surface area contributed by atoms with Gasteiger partial charge >= 0.3 is 0 Å². The molecule has 0 bridgehead atoms. The van der Waals surface area contributed by atoms with E-state index in [1.54, 1.807) is 17.0 Å². The van der Waals surface area contributed by atoms with E-state index >= 15 is 0 Å². The zero-order chi connectivity index (χ0) is 20.6. The summed E-state index contributed by atoms with van der Waals surface area (Å²) in [4.78, 5) is 16.4. The molecule has 0 radical (unpaired) electrons. The van der Waals surface area contributed by atoms with Crippen molar-refractivity contribution >= 4 is 11.6 Å². The van der Waals surface area contributed by atoms with Crippen molar-refractivity contribution in [1.82, 2.24) is 14.8 Å². The Morgan fingerprint density at radius 1 is 1.45 bits per heavy atom. The molecule has 8 heteroatoms. The molecule has 1 saturated carbocycles. The first-order valence-corrected chi connectivity index (χ1v) is 9.59. The summed E-state index contributed by atoms with van der Waals surface area (Å²) in [5.74, 6) is -1.42. The highest BCUT2D eigenvalue weighted by molar-refractivity contribution is 5.95. The first kappa shape index (κ1) is 19.3. The largest absolute Gasteiger partial charge is 0.482 e. The number of ether oxygens (including phenoxy) is 1. The topological polar surface area (TPSA) is 69.0 Å². The Kier molecular flexibility index (Phi) is 4.94. The van der Waals surface area contributed by atoms with Gasteiger partial charge in [0.1, 0.15) is 17.1 Å². The smallest absolute Gasteiger partial charge is 0.231 e. The number of carbonyl (C=O) groups excluding carboxylic acids is 1. The molecule has 3 atom stereocenters. The number of rotatable bonds is 6. The molecule has 152 valence electrons. The van der Waals surface area contributed by atoms with Gasteiger partial charge in [0.05, 0.1) is 12.1 Å². The number of anilines is 1. The van der Waals surface area contributed by atoms with Crippen LogP contribution >= 0.6 is 0 Å². The molecule has 2 aliphatic rings. The molecule has 1 unspecified atom stereocenters. The minimum absolute atomic E-state index is 0.172. The molecule has 1 amide bonds. The van der Waals surface area contributed by atoms with Crippen LogP contribution in [0.5, 0.6) is 5.75 Å². The predicted molar refractivity (Wildman–Crippen MR) is 103 cm³/mol. The minimum atomic E-state index is -0.871. The van der Waals surface area contributed by atoms with E-state index in [4.69, 9.17) is 4.74 Å². The van der Waals surface area contributed by atoms with Crippen LogP contribution in [0, 0.1) is 24.7 Å². The van der Waals surface area contributed by atoms with Crippen molar-refractivity contribution in [3.8, 4) is 5.75 Å². The van der Waals surface area contributed by atoms with Crippen LogP contribution in [0.3, 0.4) is 0 Å². The number of allylic oxidation sites excluding steroid dienone is 3. The zero-order valence-electron chi connectivity index (χ0n) is 16.2. The molecule has 0 aliphatic heterocycles. The van der Waals surface area contributed by atoms with Crippen LogP contribution in [-0.2, 0) is 11.3 Å². The second-order valence-corrected chi connectivity index (χ2v) is 7.41. The predicted octanol–water partition coefficient (Wildman–Crippen LogP) is 3.95. The van der Waals surface area contributed by atoms with E-state index in [2.05, 4.69) is 15.4 Å². The molecule has 4 rings (SSSR count). The van der Waals surface area contributed by atoms with Gasteiger partial charge in [0.2, 0.25) is 11.9 Å². The molecule has 1 fully saturated rings. The number of pyridine rings is 1. The summed E-state index contributed by atoms with van der Waals surface area (Å²) in [6.45, 7) is 4.50. The van der Waals surface area contributed by atoms with Gasteiger partial charge in [-0.3, -0.25) is 9.48 Å². The number of halogens is 2.